The summed E-state index contributed by atoms with van der Waals surface area (Å²) < 4.78 is 28.4. The quantitative estimate of drug-likeness (QED) is 0.663. The Bertz CT molecular complexity index is 851. The summed E-state index contributed by atoms with van der Waals surface area (Å²) in [5.74, 6) is 0.514. The first kappa shape index (κ1) is 21.7. The van der Waals surface area contributed by atoms with E-state index in [2.05, 4.69) is 19.2 Å². The minimum atomic E-state index is -3.23. The van der Waals surface area contributed by atoms with Gasteiger partial charge in [0.15, 0.2) is 9.84 Å². The van der Waals surface area contributed by atoms with Gasteiger partial charge in [-0.05, 0) is 62.2 Å². The van der Waals surface area contributed by atoms with E-state index in [1.807, 2.05) is 24.3 Å². The Morgan fingerprint density at radius 2 is 1.85 bits per heavy atom. The Hall–Kier alpha value is -1.60. The molecule has 2 N–H and O–H groups in total. The molecule has 148 valence electrons. The molecule has 0 saturated heterocycles. The number of ether oxygens (including phenoxy) is 1. The number of β-amino-alcohol motifs (C(OH)–C–C–N with tert-alkyl or cyclic N) is 1. The van der Waals surface area contributed by atoms with Gasteiger partial charge in [-0.15, -0.1) is 0 Å². The lowest BCUT2D eigenvalue weighted by Crippen LogP contribution is -2.46. The van der Waals surface area contributed by atoms with E-state index in [0.29, 0.717) is 17.3 Å². The van der Waals surface area contributed by atoms with Gasteiger partial charge in [-0.1, -0.05) is 23.7 Å². The molecule has 5 nitrogen and oxygen atoms in total. The van der Waals surface area contributed by atoms with Gasteiger partial charge in [0.2, 0.25) is 0 Å². The van der Waals surface area contributed by atoms with Crippen LogP contribution in [0.1, 0.15) is 19.4 Å². The largest absolute Gasteiger partial charge is 0.491 e. The summed E-state index contributed by atoms with van der Waals surface area (Å²) >= 11 is 6.03. The Labute approximate surface area is 166 Å². The molecule has 0 aromatic heterocycles. The second kappa shape index (κ2) is 9.06. The maximum absolute atomic E-state index is 11.4. The van der Waals surface area contributed by atoms with Crippen molar-refractivity contribution < 1.29 is 18.3 Å². The van der Waals surface area contributed by atoms with E-state index in [-0.39, 0.29) is 17.0 Å². The van der Waals surface area contributed by atoms with Crippen molar-refractivity contribution in [1.82, 2.24) is 5.32 Å². The van der Waals surface area contributed by atoms with Crippen molar-refractivity contribution in [3.8, 4) is 5.75 Å². The number of hydrogen-bond acceptors (Lipinski definition) is 5. The number of aliphatic hydroxyl groups excluding tert-OH is 1. The maximum atomic E-state index is 11.4. The zero-order valence-corrected chi connectivity index (χ0v) is 17.3. The van der Waals surface area contributed by atoms with Crippen molar-refractivity contribution in [3.63, 3.8) is 0 Å². The summed E-state index contributed by atoms with van der Waals surface area (Å²) in [6.45, 7) is 4.60. The lowest BCUT2D eigenvalue weighted by Gasteiger charge is -2.28. The second-order valence-electron chi connectivity index (χ2n) is 7.28. The van der Waals surface area contributed by atoms with Crippen molar-refractivity contribution in [3.05, 3.63) is 59.1 Å². The smallest absolute Gasteiger partial charge is 0.175 e. The first-order valence-corrected chi connectivity index (χ1v) is 10.9. The van der Waals surface area contributed by atoms with Crippen LogP contribution in [0.3, 0.4) is 0 Å². The fraction of sp³-hybridized carbons (Fsp3) is 0.400. The molecule has 2 aromatic rings. The molecular weight excluding hydrogens is 386 g/mol. The van der Waals surface area contributed by atoms with Crippen molar-refractivity contribution in [2.75, 3.05) is 19.4 Å². The Morgan fingerprint density at radius 3 is 2.44 bits per heavy atom. The van der Waals surface area contributed by atoms with Gasteiger partial charge >= 0.3 is 0 Å². The fourth-order valence-electron chi connectivity index (χ4n) is 2.65. The van der Waals surface area contributed by atoms with E-state index in [1.54, 1.807) is 12.1 Å². The summed E-state index contributed by atoms with van der Waals surface area (Å²) in [6.07, 6.45) is 1.23. The summed E-state index contributed by atoms with van der Waals surface area (Å²) in [7, 11) is -3.23. The lowest BCUT2D eigenvalue weighted by atomic mass is 9.95. The molecule has 0 bridgehead atoms. The topological polar surface area (TPSA) is 75.6 Å². The van der Waals surface area contributed by atoms with Crippen LogP contribution in [-0.4, -0.2) is 44.6 Å². The van der Waals surface area contributed by atoms with Gasteiger partial charge in [0.05, 0.1) is 4.90 Å². The molecule has 0 saturated carbocycles. The predicted molar refractivity (Wildman–Crippen MR) is 108 cm³/mol. The molecule has 7 heteroatoms. The Kier molecular flexibility index (Phi) is 7.28. The van der Waals surface area contributed by atoms with Crippen LogP contribution >= 0.6 is 11.6 Å². The van der Waals surface area contributed by atoms with E-state index in [1.165, 1.54) is 12.1 Å². The molecule has 0 heterocycles. The van der Waals surface area contributed by atoms with E-state index < -0.39 is 15.9 Å². The zero-order chi connectivity index (χ0) is 20.1. The van der Waals surface area contributed by atoms with Gasteiger partial charge in [0.25, 0.3) is 0 Å². The summed E-state index contributed by atoms with van der Waals surface area (Å²) in [4.78, 5) is 0.236. The molecule has 0 unspecified atom stereocenters. The van der Waals surface area contributed by atoms with Crippen LogP contribution in [0.25, 0.3) is 0 Å². The minimum absolute atomic E-state index is 0.110. The van der Waals surface area contributed by atoms with E-state index >= 15 is 0 Å². The van der Waals surface area contributed by atoms with Gasteiger partial charge in [0, 0.05) is 23.4 Å². The second-order valence-corrected chi connectivity index (χ2v) is 9.73. The highest BCUT2D eigenvalue weighted by Crippen LogP contribution is 2.18. The van der Waals surface area contributed by atoms with Gasteiger partial charge in [-0.2, -0.15) is 0 Å². The van der Waals surface area contributed by atoms with Crippen LogP contribution in [0.2, 0.25) is 5.02 Å². The molecule has 0 radical (unpaired) electrons. The van der Waals surface area contributed by atoms with Crippen LogP contribution in [0.4, 0.5) is 0 Å². The highest BCUT2D eigenvalue weighted by atomic mass is 35.5. The van der Waals surface area contributed by atoms with Gasteiger partial charge in [0.1, 0.15) is 18.5 Å². The number of sulfone groups is 1. The van der Waals surface area contributed by atoms with Crippen molar-refractivity contribution in [1.29, 1.82) is 0 Å². The van der Waals surface area contributed by atoms with Gasteiger partial charge in [-0.25, -0.2) is 8.42 Å². The number of nitrogens with one attached hydrogen (secondary N) is 1. The molecule has 0 fully saturated rings. The average Bonchev–Trinajstić information content (AvgIpc) is 2.57. The number of benzene rings is 2. The summed E-state index contributed by atoms with van der Waals surface area (Å²) in [5, 5.41) is 14.2. The first-order valence-electron chi connectivity index (χ1n) is 8.66. The molecule has 27 heavy (non-hydrogen) atoms. The highest BCUT2D eigenvalue weighted by molar-refractivity contribution is 7.90. The van der Waals surface area contributed by atoms with Crippen LogP contribution in [-0.2, 0) is 16.3 Å². The predicted octanol–water partition coefficient (Wildman–Crippen LogP) is 3.09. The van der Waals surface area contributed by atoms with Crippen LogP contribution in [0.5, 0.6) is 5.75 Å². The Morgan fingerprint density at radius 1 is 1.19 bits per heavy atom. The molecular formula is C20H26ClNO4S. The highest BCUT2D eigenvalue weighted by Gasteiger charge is 2.19. The number of aliphatic hydroxyl groups is 1. The maximum Gasteiger partial charge on any atom is 0.175 e. The van der Waals surface area contributed by atoms with Gasteiger partial charge < -0.3 is 15.2 Å². The Balaban J connectivity index is 1.80. The number of rotatable bonds is 9. The fourth-order valence-corrected chi connectivity index (χ4v) is 3.49. The van der Waals surface area contributed by atoms with Crippen LogP contribution in [0.15, 0.2) is 53.4 Å². The van der Waals surface area contributed by atoms with Crippen molar-refractivity contribution >= 4 is 21.4 Å². The summed E-state index contributed by atoms with van der Waals surface area (Å²) in [6, 6.07) is 13.9. The first-order chi connectivity index (χ1) is 12.5. The molecule has 0 aliphatic rings. The minimum Gasteiger partial charge on any atom is -0.491 e. The van der Waals surface area contributed by atoms with Crippen LogP contribution in [0, 0.1) is 0 Å². The molecule has 1 atom stereocenters. The number of hydrogen-bond donors (Lipinski definition) is 2. The van der Waals surface area contributed by atoms with Gasteiger partial charge in [-0.3, -0.25) is 0 Å². The van der Waals surface area contributed by atoms with E-state index in [4.69, 9.17) is 16.3 Å². The molecule has 2 rings (SSSR count). The molecule has 0 aliphatic carbocycles. The standard InChI is InChI=1S/C20H26ClNO4S/c1-20(2,12-15-5-4-6-16(21)11-15)22-13-17(23)14-26-18-7-9-19(10-8-18)27(3,24)25/h4-11,17,22-23H,12-14H2,1-3H3/t17-/m1/s1. The normalized spacial score (nSPS) is 13.4. The molecule has 2 aromatic carbocycles. The third kappa shape index (κ3) is 7.50. The molecule has 0 aliphatic heterocycles. The SMILES string of the molecule is CC(C)(Cc1cccc(Cl)c1)NC[C@@H](O)COc1ccc(S(C)(=O)=O)cc1. The van der Waals surface area contributed by atoms with Crippen LogP contribution < -0.4 is 10.1 Å². The van der Waals surface area contributed by atoms with E-state index in [9.17, 15) is 13.5 Å². The van der Waals surface area contributed by atoms with E-state index in [0.717, 1.165) is 18.2 Å². The average molecular weight is 412 g/mol. The van der Waals surface area contributed by atoms with Crippen molar-refractivity contribution in [2.24, 2.45) is 0 Å². The lowest BCUT2D eigenvalue weighted by molar-refractivity contribution is 0.0988. The third-order valence-corrected chi connectivity index (χ3v) is 5.41. The number of halogens is 1. The molecule has 0 spiro atoms. The van der Waals surface area contributed by atoms with Crippen molar-refractivity contribution in [2.45, 2.75) is 36.8 Å². The zero-order valence-electron chi connectivity index (χ0n) is 15.8. The molecule has 0 amide bonds. The third-order valence-electron chi connectivity index (χ3n) is 4.05. The monoisotopic (exact) mass is 411 g/mol. The summed E-state index contributed by atoms with van der Waals surface area (Å²) in [5.41, 5.74) is 0.903.